The molecule has 0 spiro atoms. The predicted molar refractivity (Wildman–Crippen MR) is 122 cm³/mol. The molecule has 5 heteroatoms. The Morgan fingerprint density at radius 2 is 1.90 bits per heavy atom. The zero-order chi connectivity index (χ0) is 20.5. The second kappa shape index (κ2) is 7.33. The normalized spacial score (nSPS) is 36.4. The Kier molecular flexibility index (Phi) is 4.84. The van der Waals surface area contributed by atoms with E-state index in [1.165, 1.54) is 50.6 Å². The number of hydrogen-bond donors (Lipinski definition) is 2. The summed E-state index contributed by atoms with van der Waals surface area (Å²) in [5.41, 5.74) is 3.12. The monoisotopic (exact) mass is 444 g/mol. The zero-order valence-corrected chi connectivity index (χ0v) is 18.9. The molecule has 2 N–H and O–H groups in total. The number of piperidine rings is 1. The number of aromatic nitrogens is 1. The van der Waals surface area contributed by atoms with Gasteiger partial charge in [0.2, 0.25) is 0 Å². The molecule has 3 bridgehead atoms. The van der Waals surface area contributed by atoms with E-state index in [9.17, 15) is 5.11 Å². The number of benzene rings is 1. The van der Waals surface area contributed by atoms with Gasteiger partial charge in [-0.3, -0.25) is 4.98 Å². The molecule has 2 aromatic rings. The quantitative estimate of drug-likeness (QED) is 0.593. The fourth-order valence-corrected chi connectivity index (χ4v) is 8.04. The maximum absolute atomic E-state index is 11.5. The van der Waals surface area contributed by atoms with Crippen LogP contribution < -0.4 is 5.32 Å². The highest BCUT2D eigenvalue weighted by molar-refractivity contribution is 6.38. The van der Waals surface area contributed by atoms with Gasteiger partial charge in [0, 0.05) is 27.6 Å². The van der Waals surface area contributed by atoms with E-state index in [2.05, 4.69) is 11.4 Å². The summed E-state index contributed by atoms with van der Waals surface area (Å²) in [4.78, 5) is 5.19. The van der Waals surface area contributed by atoms with E-state index < -0.39 is 6.10 Å². The lowest BCUT2D eigenvalue weighted by molar-refractivity contribution is 0.113. The molecule has 1 aromatic heterocycles. The van der Waals surface area contributed by atoms with Crippen LogP contribution in [-0.2, 0) is 5.41 Å². The molecule has 160 valence electrons. The summed E-state index contributed by atoms with van der Waals surface area (Å²) in [5.74, 6) is 2.42. The molecule has 1 saturated heterocycles. The number of aliphatic hydroxyl groups is 1. The number of hydrogen-bond acceptors (Lipinski definition) is 3. The maximum Gasteiger partial charge on any atom is 0.0950 e. The third-order valence-electron chi connectivity index (χ3n) is 8.72. The Bertz CT molecular complexity index is 989. The van der Waals surface area contributed by atoms with Crippen molar-refractivity contribution in [3.63, 3.8) is 0 Å². The summed E-state index contributed by atoms with van der Waals surface area (Å²) in [7, 11) is 0. The van der Waals surface area contributed by atoms with E-state index in [0.717, 1.165) is 53.6 Å². The lowest BCUT2D eigenvalue weighted by Gasteiger charge is -2.45. The van der Waals surface area contributed by atoms with Crippen LogP contribution in [0.2, 0.25) is 10.0 Å². The first kappa shape index (κ1) is 19.8. The van der Waals surface area contributed by atoms with Crippen LogP contribution >= 0.6 is 23.2 Å². The second-order valence-corrected chi connectivity index (χ2v) is 11.3. The molecule has 6 atom stereocenters. The summed E-state index contributed by atoms with van der Waals surface area (Å²) in [6.07, 6.45) is 10.7. The fraction of sp³-hybridized carbons (Fsp3) is 0.640. The van der Waals surface area contributed by atoms with Gasteiger partial charge in [0.1, 0.15) is 0 Å². The van der Waals surface area contributed by atoms with E-state index in [-0.39, 0.29) is 11.5 Å². The minimum absolute atomic E-state index is 0.0755. The number of rotatable bonds is 3. The average Bonchev–Trinajstić information content (AvgIpc) is 2.90. The fourth-order valence-electron chi connectivity index (χ4n) is 7.50. The largest absolute Gasteiger partial charge is 0.387 e. The van der Waals surface area contributed by atoms with Crippen molar-refractivity contribution in [3.8, 4) is 0 Å². The van der Waals surface area contributed by atoms with Crippen LogP contribution in [0.1, 0.15) is 75.1 Å². The van der Waals surface area contributed by atoms with E-state index in [1.54, 1.807) is 6.07 Å². The summed E-state index contributed by atoms with van der Waals surface area (Å²) >= 11 is 13.0. The summed E-state index contributed by atoms with van der Waals surface area (Å²) in [6.45, 7) is 0.967. The van der Waals surface area contributed by atoms with E-state index in [4.69, 9.17) is 28.2 Å². The summed E-state index contributed by atoms with van der Waals surface area (Å²) in [5, 5.41) is 17.1. The van der Waals surface area contributed by atoms with Crippen molar-refractivity contribution < 1.29 is 5.11 Å². The van der Waals surface area contributed by atoms with Crippen LogP contribution in [0.4, 0.5) is 0 Å². The van der Waals surface area contributed by atoms with Crippen molar-refractivity contribution >= 4 is 34.1 Å². The third kappa shape index (κ3) is 3.03. The Hall–Kier alpha value is -0.870. The summed E-state index contributed by atoms with van der Waals surface area (Å²) < 4.78 is 0. The van der Waals surface area contributed by atoms with Gasteiger partial charge < -0.3 is 10.4 Å². The molecular weight excluding hydrogens is 415 g/mol. The molecular formula is C25H30Cl2N2O. The van der Waals surface area contributed by atoms with Crippen LogP contribution in [0.3, 0.4) is 0 Å². The molecule has 4 fully saturated rings. The molecule has 1 aromatic carbocycles. The van der Waals surface area contributed by atoms with Crippen LogP contribution in [0.25, 0.3) is 10.9 Å². The van der Waals surface area contributed by atoms with Gasteiger partial charge in [-0.2, -0.15) is 0 Å². The molecule has 3 nitrogen and oxygen atoms in total. The van der Waals surface area contributed by atoms with Gasteiger partial charge in [-0.25, -0.2) is 0 Å². The number of fused-ring (bicyclic) bond motifs is 3. The Labute approximate surface area is 188 Å². The molecule has 2 heterocycles. The molecule has 0 unspecified atom stereocenters. The predicted octanol–water partition coefficient (Wildman–Crippen LogP) is 6.18. The van der Waals surface area contributed by atoms with Crippen LogP contribution in [0, 0.1) is 17.8 Å². The van der Waals surface area contributed by atoms with Crippen molar-refractivity contribution in [2.75, 3.05) is 6.54 Å². The van der Waals surface area contributed by atoms with Crippen molar-refractivity contribution in [1.29, 1.82) is 0 Å². The van der Waals surface area contributed by atoms with E-state index >= 15 is 0 Å². The molecule has 6 rings (SSSR count). The standard InChI is InChI=1S/C25H30Cl2N2O/c26-17-9-18-19(24(30)21-3-1-2-6-28-21)11-22(29-23(18)20(27)10-17)25-12-14-4-5-16(25)8-15(7-14)13-25/h9-11,14-16,21,24,28,30H,1-8,12-13H2/t14-,15-,16-,21+,24+,25-/m1/s1. The van der Waals surface area contributed by atoms with Gasteiger partial charge >= 0.3 is 0 Å². The lowest BCUT2D eigenvalue weighted by Crippen LogP contribution is -2.41. The minimum atomic E-state index is -0.571. The number of pyridine rings is 1. The van der Waals surface area contributed by atoms with E-state index in [0.29, 0.717) is 10.0 Å². The van der Waals surface area contributed by atoms with Gasteiger partial charge in [-0.05, 0) is 93.0 Å². The zero-order valence-electron chi connectivity index (χ0n) is 17.3. The first-order valence-corrected chi connectivity index (χ1v) is 12.5. The van der Waals surface area contributed by atoms with Crippen LogP contribution in [-0.4, -0.2) is 22.7 Å². The molecule has 3 aliphatic carbocycles. The van der Waals surface area contributed by atoms with Crippen molar-refractivity contribution in [3.05, 3.63) is 39.5 Å². The highest BCUT2D eigenvalue weighted by Gasteiger charge is 2.56. The SMILES string of the molecule is O[C@@H](c1cc([C@@]23C[C@@H]4CC[C@@H]2C[C@@H](C4)C3)nc2c(Cl)cc(Cl)cc12)[C@@H]1CCCCN1. The molecule has 0 amide bonds. The molecule has 0 radical (unpaired) electrons. The first-order valence-electron chi connectivity index (χ1n) is 11.7. The third-order valence-corrected chi connectivity index (χ3v) is 9.22. The van der Waals surface area contributed by atoms with Gasteiger partial charge in [-0.15, -0.1) is 0 Å². The Balaban J connectivity index is 1.52. The number of nitrogens with one attached hydrogen (secondary N) is 1. The Morgan fingerprint density at radius 1 is 1.03 bits per heavy atom. The molecule has 1 aliphatic heterocycles. The lowest BCUT2D eigenvalue weighted by atomic mass is 9.60. The molecule has 3 saturated carbocycles. The maximum atomic E-state index is 11.5. The van der Waals surface area contributed by atoms with Crippen LogP contribution in [0.15, 0.2) is 18.2 Å². The number of halogens is 2. The molecule has 30 heavy (non-hydrogen) atoms. The van der Waals surface area contributed by atoms with Gasteiger partial charge in [-0.1, -0.05) is 36.0 Å². The average molecular weight is 445 g/mol. The second-order valence-electron chi connectivity index (χ2n) is 10.4. The topological polar surface area (TPSA) is 45.2 Å². The van der Waals surface area contributed by atoms with Crippen molar-refractivity contribution in [1.82, 2.24) is 10.3 Å². The first-order chi connectivity index (χ1) is 14.5. The van der Waals surface area contributed by atoms with Crippen molar-refractivity contribution in [2.45, 2.75) is 75.3 Å². The van der Waals surface area contributed by atoms with Gasteiger partial charge in [0.15, 0.2) is 0 Å². The Morgan fingerprint density at radius 3 is 2.73 bits per heavy atom. The molecule has 4 aliphatic rings. The minimum Gasteiger partial charge on any atom is -0.387 e. The van der Waals surface area contributed by atoms with Crippen LogP contribution in [0.5, 0.6) is 0 Å². The van der Waals surface area contributed by atoms with Gasteiger partial charge in [0.25, 0.3) is 0 Å². The smallest absolute Gasteiger partial charge is 0.0950 e. The van der Waals surface area contributed by atoms with E-state index in [1.807, 2.05) is 6.07 Å². The summed E-state index contributed by atoms with van der Waals surface area (Å²) in [6, 6.07) is 6.04. The van der Waals surface area contributed by atoms with Crippen molar-refractivity contribution in [2.24, 2.45) is 17.8 Å². The number of aliphatic hydroxyl groups excluding tert-OH is 1. The number of nitrogens with zero attached hydrogens (tertiary/aromatic N) is 1. The highest BCUT2D eigenvalue weighted by Crippen LogP contribution is 2.63. The van der Waals surface area contributed by atoms with Gasteiger partial charge in [0.05, 0.1) is 16.6 Å². The highest BCUT2D eigenvalue weighted by atomic mass is 35.5.